The first kappa shape index (κ1) is 24.0. The monoisotopic (exact) mass is 534 g/mol. The summed E-state index contributed by atoms with van der Waals surface area (Å²) in [6.45, 7) is 3.24. The molecule has 0 unspecified atom stereocenters. The van der Waals surface area contributed by atoms with Crippen LogP contribution in [0.1, 0.15) is 84.0 Å². The van der Waals surface area contributed by atoms with Crippen LogP contribution in [0, 0.1) is 13.7 Å². The highest BCUT2D eigenvalue weighted by molar-refractivity contribution is 14.1. The fourth-order valence-electron chi connectivity index (χ4n) is 4.53. The lowest BCUT2D eigenvalue weighted by atomic mass is 10.1. The molecule has 168 valence electrons. The lowest BCUT2D eigenvalue weighted by Gasteiger charge is -2.08. The molecule has 0 N–H and O–H groups in total. The summed E-state index contributed by atoms with van der Waals surface area (Å²) < 4.78 is 3.50. The fraction of sp³-hybridized carbons (Fsp3) is 0.538. The van der Waals surface area contributed by atoms with Crippen LogP contribution in [0.3, 0.4) is 0 Å². The van der Waals surface area contributed by atoms with E-state index in [2.05, 4.69) is 52.3 Å². The van der Waals surface area contributed by atoms with Gasteiger partial charge in [0.05, 0.1) is 4.92 Å². The Morgan fingerprint density at radius 3 is 1.87 bits per heavy atom. The maximum absolute atomic E-state index is 11.2. The summed E-state index contributed by atoms with van der Waals surface area (Å²) in [5.74, 6) is 0. The SMILES string of the molecule is CCCCCCCCCCCCCCn1c2ccc(I)cc2c2cc([N+](=O)[O-])ccc21. The summed E-state index contributed by atoms with van der Waals surface area (Å²) in [7, 11) is 0. The van der Waals surface area contributed by atoms with Gasteiger partial charge in [0, 0.05) is 44.1 Å². The number of aromatic nitrogens is 1. The maximum Gasteiger partial charge on any atom is 0.270 e. The molecule has 0 saturated heterocycles. The molecule has 0 spiro atoms. The normalized spacial score (nSPS) is 11.5. The minimum Gasteiger partial charge on any atom is -0.340 e. The summed E-state index contributed by atoms with van der Waals surface area (Å²) in [6, 6.07) is 11.7. The van der Waals surface area contributed by atoms with E-state index in [-0.39, 0.29) is 10.6 Å². The molecule has 2 aromatic carbocycles. The Bertz CT molecular complexity index is 996. The number of benzene rings is 2. The van der Waals surface area contributed by atoms with Gasteiger partial charge >= 0.3 is 0 Å². The van der Waals surface area contributed by atoms with Crippen molar-refractivity contribution in [2.24, 2.45) is 0 Å². The Balaban J connectivity index is 1.50. The van der Waals surface area contributed by atoms with Crippen molar-refractivity contribution in [3.8, 4) is 0 Å². The van der Waals surface area contributed by atoms with Crippen LogP contribution < -0.4 is 0 Å². The third-order valence-electron chi connectivity index (χ3n) is 6.26. The summed E-state index contributed by atoms with van der Waals surface area (Å²) in [6.07, 6.45) is 16.1. The van der Waals surface area contributed by atoms with Crippen molar-refractivity contribution in [2.45, 2.75) is 90.5 Å². The molecule has 4 nitrogen and oxygen atoms in total. The number of fused-ring (bicyclic) bond motifs is 3. The molecule has 0 bridgehead atoms. The van der Waals surface area contributed by atoms with Gasteiger partial charge in [-0.3, -0.25) is 10.1 Å². The highest BCUT2D eigenvalue weighted by atomic mass is 127. The van der Waals surface area contributed by atoms with Crippen molar-refractivity contribution in [1.29, 1.82) is 0 Å². The van der Waals surface area contributed by atoms with E-state index < -0.39 is 0 Å². The van der Waals surface area contributed by atoms with Crippen molar-refractivity contribution in [3.05, 3.63) is 50.1 Å². The molecular formula is C26H35IN2O2. The summed E-state index contributed by atoms with van der Waals surface area (Å²) in [5.41, 5.74) is 2.44. The smallest absolute Gasteiger partial charge is 0.270 e. The van der Waals surface area contributed by atoms with E-state index in [1.54, 1.807) is 12.1 Å². The molecule has 1 heterocycles. The van der Waals surface area contributed by atoms with E-state index in [0.717, 1.165) is 32.8 Å². The molecular weight excluding hydrogens is 499 g/mol. The van der Waals surface area contributed by atoms with Crippen LogP contribution in [0.2, 0.25) is 0 Å². The Labute approximate surface area is 199 Å². The van der Waals surface area contributed by atoms with Crippen LogP contribution in [-0.2, 0) is 6.54 Å². The number of non-ortho nitro benzene ring substituents is 1. The topological polar surface area (TPSA) is 48.1 Å². The molecule has 0 aliphatic rings. The van der Waals surface area contributed by atoms with Crippen LogP contribution in [0.15, 0.2) is 36.4 Å². The second-order valence-electron chi connectivity index (χ2n) is 8.66. The van der Waals surface area contributed by atoms with Gasteiger partial charge in [-0.15, -0.1) is 0 Å². The highest BCUT2D eigenvalue weighted by Gasteiger charge is 2.14. The minimum atomic E-state index is -0.304. The number of hydrogen-bond donors (Lipinski definition) is 0. The second-order valence-corrected chi connectivity index (χ2v) is 9.91. The Morgan fingerprint density at radius 2 is 1.29 bits per heavy atom. The van der Waals surface area contributed by atoms with Gasteiger partial charge < -0.3 is 4.57 Å². The van der Waals surface area contributed by atoms with E-state index >= 15 is 0 Å². The zero-order valence-electron chi connectivity index (χ0n) is 18.7. The number of aryl methyl sites for hydroxylation is 1. The number of halogens is 1. The molecule has 0 fully saturated rings. The molecule has 0 radical (unpaired) electrons. The van der Waals surface area contributed by atoms with Crippen LogP contribution in [0.5, 0.6) is 0 Å². The first-order chi connectivity index (χ1) is 15.1. The van der Waals surface area contributed by atoms with Crippen LogP contribution in [0.4, 0.5) is 5.69 Å². The zero-order chi connectivity index (χ0) is 22.1. The van der Waals surface area contributed by atoms with E-state index in [9.17, 15) is 10.1 Å². The fourth-order valence-corrected chi connectivity index (χ4v) is 5.02. The highest BCUT2D eigenvalue weighted by Crippen LogP contribution is 2.33. The van der Waals surface area contributed by atoms with Gasteiger partial charge in [-0.2, -0.15) is 0 Å². The number of nitro benzene ring substituents is 1. The molecule has 3 aromatic rings. The van der Waals surface area contributed by atoms with Gasteiger partial charge in [0.1, 0.15) is 0 Å². The van der Waals surface area contributed by atoms with E-state index in [1.165, 1.54) is 76.1 Å². The molecule has 3 rings (SSSR count). The molecule has 5 heteroatoms. The Hall–Kier alpha value is -1.63. The van der Waals surface area contributed by atoms with Crippen LogP contribution in [-0.4, -0.2) is 9.49 Å². The van der Waals surface area contributed by atoms with E-state index in [0.29, 0.717) is 0 Å². The third-order valence-corrected chi connectivity index (χ3v) is 6.93. The van der Waals surface area contributed by atoms with E-state index in [4.69, 9.17) is 0 Å². The van der Waals surface area contributed by atoms with Crippen LogP contribution in [0.25, 0.3) is 21.8 Å². The number of rotatable bonds is 14. The largest absolute Gasteiger partial charge is 0.340 e. The van der Waals surface area contributed by atoms with Crippen molar-refractivity contribution in [3.63, 3.8) is 0 Å². The Morgan fingerprint density at radius 1 is 0.774 bits per heavy atom. The molecule has 0 amide bonds. The molecule has 0 aliphatic heterocycles. The number of nitrogens with zero attached hydrogens (tertiary/aromatic N) is 2. The minimum absolute atomic E-state index is 0.163. The average molecular weight is 534 g/mol. The lowest BCUT2D eigenvalue weighted by Crippen LogP contribution is -1.98. The van der Waals surface area contributed by atoms with Crippen LogP contribution >= 0.6 is 22.6 Å². The molecule has 0 saturated carbocycles. The van der Waals surface area contributed by atoms with Crippen molar-refractivity contribution >= 4 is 50.1 Å². The van der Waals surface area contributed by atoms with E-state index in [1.807, 2.05) is 6.07 Å². The van der Waals surface area contributed by atoms with Gasteiger partial charge in [-0.25, -0.2) is 0 Å². The van der Waals surface area contributed by atoms with Crippen molar-refractivity contribution in [1.82, 2.24) is 4.57 Å². The number of unbranched alkanes of at least 4 members (excludes halogenated alkanes) is 11. The zero-order valence-corrected chi connectivity index (χ0v) is 20.9. The molecule has 31 heavy (non-hydrogen) atoms. The molecule has 0 atom stereocenters. The van der Waals surface area contributed by atoms with Gasteiger partial charge in [-0.1, -0.05) is 77.6 Å². The third kappa shape index (κ3) is 6.67. The number of hydrogen-bond acceptors (Lipinski definition) is 2. The maximum atomic E-state index is 11.2. The van der Waals surface area contributed by atoms with Crippen molar-refractivity contribution < 1.29 is 4.92 Å². The molecule has 0 aliphatic carbocycles. The number of nitro groups is 1. The first-order valence-corrected chi connectivity index (χ1v) is 13.1. The predicted octanol–water partition coefficient (Wildman–Crippen LogP) is 9.01. The van der Waals surface area contributed by atoms with Gasteiger partial charge in [0.15, 0.2) is 0 Å². The predicted molar refractivity (Wildman–Crippen MR) is 140 cm³/mol. The quantitative estimate of drug-likeness (QED) is 0.0897. The average Bonchev–Trinajstić information content (AvgIpc) is 3.06. The first-order valence-electron chi connectivity index (χ1n) is 12.0. The second kappa shape index (κ2) is 12.4. The van der Waals surface area contributed by atoms with Gasteiger partial charge in [0.2, 0.25) is 0 Å². The van der Waals surface area contributed by atoms with Gasteiger partial charge in [0.25, 0.3) is 5.69 Å². The van der Waals surface area contributed by atoms with Gasteiger partial charge in [-0.05, 0) is 53.3 Å². The summed E-state index contributed by atoms with van der Waals surface area (Å²) >= 11 is 2.31. The standard InChI is InChI=1S/C26H35IN2O2/c1-2-3-4-5-6-7-8-9-10-11-12-13-18-28-25-16-14-21(27)19-23(25)24-20-22(29(30)31)15-17-26(24)28/h14-17,19-20H,2-13,18H2,1H3. The summed E-state index contributed by atoms with van der Waals surface area (Å²) in [5, 5.41) is 13.4. The summed E-state index contributed by atoms with van der Waals surface area (Å²) in [4.78, 5) is 10.9. The Kier molecular flexibility index (Phi) is 9.62. The molecule has 1 aromatic heterocycles. The van der Waals surface area contributed by atoms with Crippen molar-refractivity contribution in [2.75, 3.05) is 0 Å². The lowest BCUT2D eigenvalue weighted by molar-refractivity contribution is -0.384.